The maximum Gasteiger partial charge on any atom is 0.268 e. The molecule has 1 saturated heterocycles. The van der Waals surface area contributed by atoms with Gasteiger partial charge in [0.15, 0.2) is 5.58 Å². The molecule has 1 amide bonds. The highest BCUT2D eigenvalue weighted by molar-refractivity contribution is 5.97. The number of nitrogens with one attached hydrogen (secondary N) is 1. The maximum atomic E-state index is 12.9. The van der Waals surface area contributed by atoms with E-state index in [0.29, 0.717) is 18.8 Å². The Morgan fingerprint density at radius 3 is 2.76 bits per heavy atom. The standard InChI is InChI=1S/C23H29N3O3/c1-17-5-3-6-19(13-17)16-26-20-14-18(2)29-22(20)15-21(26)23(27)24-7-4-8-25-9-11-28-12-10-25/h3,5-6,13-15H,4,7-12,16H2,1-2H3,(H,24,27). The zero-order valence-corrected chi connectivity index (χ0v) is 17.2. The number of ether oxygens (including phenoxy) is 1. The Morgan fingerprint density at radius 2 is 1.97 bits per heavy atom. The van der Waals surface area contributed by atoms with Gasteiger partial charge in [0, 0.05) is 38.3 Å². The Kier molecular flexibility index (Phi) is 6.02. The van der Waals surface area contributed by atoms with Crippen LogP contribution in [0.25, 0.3) is 11.1 Å². The minimum atomic E-state index is -0.0521. The molecule has 0 spiro atoms. The third-order valence-corrected chi connectivity index (χ3v) is 5.41. The van der Waals surface area contributed by atoms with Crippen molar-refractivity contribution in [2.24, 2.45) is 0 Å². The summed E-state index contributed by atoms with van der Waals surface area (Å²) in [5, 5.41) is 3.08. The van der Waals surface area contributed by atoms with Gasteiger partial charge in [0.05, 0.1) is 18.7 Å². The number of carbonyl (C=O) groups excluding carboxylic acids is 1. The average molecular weight is 396 g/mol. The number of fused-ring (bicyclic) bond motifs is 1. The van der Waals surface area contributed by atoms with Crippen LogP contribution in [0.5, 0.6) is 0 Å². The first-order chi connectivity index (χ1) is 14.1. The molecule has 1 fully saturated rings. The largest absolute Gasteiger partial charge is 0.460 e. The fourth-order valence-electron chi connectivity index (χ4n) is 3.94. The van der Waals surface area contributed by atoms with Crippen LogP contribution in [0.1, 0.15) is 33.8 Å². The van der Waals surface area contributed by atoms with Gasteiger partial charge in [-0.2, -0.15) is 0 Å². The molecule has 1 N–H and O–H groups in total. The molecular formula is C23H29N3O3. The van der Waals surface area contributed by atoms with Crippen LogP contribution in [0.2, 0.25) is 0 Å². The predicted molar refractivity (Wildman–Crippen MR) is 113 cm³/mol. The molecular weight excluding hydrogens is 366 g/mol. The summed E-state index contributed by atoms with van der Waals surface area (Å²) in [4.78, 5) is 15.3. The first-order valence-electron chi connectivity index (χ1n) is 10.3. The molecule has 0 saturated carbocycles. The normalized spacial score (nSPS) is 15.1. The quantitative estimate of drug-likeness (QED) is 0.624. The summed E-state index contributed by atoms with van der Waals surface area (Å²) >= 11 is 0. The van der Waals surface area contributed by atoms with Gasteiger partial charge in [-0.05, 0) is 32.4 Å². The van der Waals surface area contributed by atoms with E-state index in [9.17, 15) is 4.79 Å². The predicted octanol–water partition coefficient (Wildman–Crippen LogP) is 3.35. The highest BCUT2D eigenvalue weighted by Crippen LogP contribution is 2.25. The van der Waals surface area contributed by atoms with E-state index in [2.05, 4.69) is 46.0 Å². The molecule has 4 rings (SSSR count). The number of nitrogens with zero attached hydrogens (tertiary/aromatic N) is 2. The fourth-order valence-corrected chi connectivity index (χ4v) is 3.94. The number of aromatic nitrogens is 1. The summed E-state index contributed by atoms with van der Waals surface area (Å²) in [5.74, 6) is 0.800. The van der Waals surface area contributed by atoms with Crippen LogP contribution >= 0.6 is 0 Å². The fraction of sp³-hybridized carbons (Fsp3) is 0.435. The highest BCUT2D eigenvalue weighted by atomic mass is 16.5. The monoisotopic (exact) mass is 395 g/mol. The minimum absolute atomic E-state index is 0.0521. The van der Waals surface area contributed by atoms with Crippen molar-refractivity contribution in [1.29, 1.82) is 0 Å². The molecule has 0 bridgehead atoms. The molecule has 1 aliphatic heterocycles. The minimum Gasteiger partial charge on any atom is -0.460 e. The van der Waals surface area contributed by atoms with E-state index >= 15 is 0 Å². The van der Waals surface area contributed by atoms with E-state index in [-0.39, 0.29) is 5.91 Å². The van der Waals surface area contributed by atoms with Crippen LogP contribution in [0, 0.1) is 13.8 Å². The van der Waals surface area contributed by atoms with Crippen LogP contribution in [0.4, 0.5) is 0 Å². The van der Waals surface area contributed by atoms with E-state index in [4.69, 9.17) is 9.15 Å². The summed E-state index contributed by atoms with van der Waals surface area (Å²) in [7, 11) is 0. The first-order valence-corrected chi connectivity index (χ1v) is 10.3. The second-order valence-corrected chi connectivity index (χ2v) is 7.77. The molecule has 2 aromatic heterocycles. The van der Waals surface area contributed by atoms with Gasteiger partial charge >= 0.3 is 0 Å². The van der Waals surface area contributed by atoms with Crippen molar-refractivity contribution in [3.05, 3.63) is 59.0 Å². The van der Waals surface area contributed by atoms with Crippen LogP contribution in [-0.4, -0.2) is 54.8 Å². The number of hydrogen-bond acceptors (Lipinski definition) is 4. The molecule has 1 aromatic carbocycles. The van der Waals surface area contributed by atoms with Crippen LogP contribution < -0.4 is 5.32 Å². The number of amides is 1. The summed E-state index contributed by atoms with van der Waals surface area (Å²) in [6.45, 7) is 9.85. The van der Waals surface area contributed by atoms with E-state index in [1.54, 1.807) is 0 Å². The van der Waals surface area contributed by atoms with Gasteiger partial charge in [-0.3, -0.25) is 9.69 Å². The highest BCUT2D eigenvalue weighted by Gasteiger charge is 2.19. The summed E-state index contributed by atoms with van der Waals surface area (Å²) in [6, 6.07) is 12.2. The third kappa shape index (κ3) is 4.71. The Balaban J connectivity index is 1.45. The van der Waals surface area contributed by atoms with E-state index < -0.39 is 0 Å². The first kappa shape index (κ1) is 19.7. The molecule has 29 heavy (non-hydrogen) atoms. The number of hydrogen-bond donors (Lipinski definition) is 1. The lowest BCUT2D eigenvalue weighted by Crippen LogP contribution is -2.38. The molecule has 0 radical (unpaired) electrons. The van der Waals surface area contributed by atoms with Gasteiger partial charge in [0.25, 0.3) is 5.91 Å². The molecule has 3 heterocycles. The van der Waals surface area contributed by atoms with Crippen molar-refractivity contribution in [3.63, 3.8) is 0 Å². The molecule has 154 valence electrons. The molecule has 6 nitrogen and oxygen atoms in total. The number of benzene rings is 1. The Bertz CT molecular complexity index is 983. The van der Waals surface area contributed by atoms with Crippen molar-refractivity contribution < 1.29 is 13.9 Å². The Hall–Kier alpha value is -2.57. The zero-order valence-electron chi connectivity index (χ0n) is 17.2. The van der Waals surface area contributed by atoms with Crippen molar-refractivity contribution in [1.82, 2.24) is 14.8 Å². The number of morpholine rings is 1. The smallest absolute Gasteiger partial charge is 0.268 e. The number of rotatable bonds is 7. The molecule has 0 aliphatic carbocycles. The second-order valence-electron chi connectivity index (χ2n) is 7.77. The van der Waals surface area contributed by atoms with Gasteiger partial charge in [-0.25, -0.2) is 0 Å². The Labute approximate surface area is 171 Å². The van der Waals surface area contributed by atoms with Crippen molar-refractivity contribution >= 4 is 17.0 Å². The van der Waals surface area contributed by atoms with Crippen LogP contribution in [0.15, 0.2) is 40.8 Å². The molecule has 6 heteroatoms. The average Bonchev–Trinajstić information content (AvgIpc) is 3.23. The van der Waals surface area contributed by atoms with Gasteiger partial charge in [-0.1, -0.05) is 29.8 Å². The lowest BCUT2D eigenvalue weighted by molar-refractivity contribution is 0.0374. The summed E-state index contributed by atoms with van der Waals surface area (Å²) in [6.07, 6.45) is 0.930. The second kappa shape index (κ2) is 8.84. The van der Waals surface area contributed by atoms with Crippen LogP contribution in [-0.2, 0) is 11.3 Å². The van der Waals surface area contributed by atoms with Crippen molar-refractivity contribution in [3.8, 4) is 0 Å². The Morgan fingerprint density at radius 1 is 1.14 bits per heavy atom. The summed E-state index contributed by atoms with van der Waals surface area (Å²) < 4.78 is 13.2. The number of furan rings is 1. The maximum absolute atomic E-state index is 12.9. The van der Waals surface area contributed by atoms with Crippen molar-refractivity contribution in [2.75, 3.05) is 39.4 Å². The van der Waals surface area contributed by atoms with Gasteiger partial charge in [-0.15, -0.1) is 0 Å². The SMILES string of the molecule is Cc1cccc(Cn2c(C(=O)NCCCN3CCOCC3)cc3oc(C)cc32)c1. The lowest BCUT2D eigenvalue weighted by atomic mass is 10.1. The van der Waals surface area contributed by atoms with E-state index in [1.807, 2.05) is 19.1 Å². The van der Waals surface area contributed by atoms with Crippen LogP contribution in [0.3, 0.4) is 0 Å². The molecule has 0 atom stereocenters. The number of aryl methyl sites for hydroxylation is 2. The third-order valence-electron chi connectivity index (χ3n) is 5.41. The molecule has 0 unspecified atom stereocenters. The zero-order chi connectivity index (χ0) is 20.2. The van der Waals surface area contributed by atoms with Gasteiger partial charge < -0.3 is 19.0 Å². The summed E-state index contributed by atoms with van der Waals surface area (Å²) in [5.41, 5.74) is 4.74. The molecule has 3 aromatic rings. The van der Waals surface area contributed by atoms with E-state index in [1.165, 1.54) is 11.1 Å². The number of carbonyl (C=O) groups is 1. The van der Waals surface area contributed by atoms with E-state index in [0.717, 1.165) is 56.1 Å². The van der Waals surface area contributed by atoms with Crippen molar-refractivity contribution in [2.45, 2.75) is 26.8 Å². The molecule has 1 aliphatic rings. The van der Waals surface area contributed by atoms with Gasteiger partial charge in [0.1, 0.15) is 11.5 Å². The topological polar surface area (TPSA) is 59.6 Å². The lowest BCUT2D eigenvalue weighted by Gasteiger charge is -2.26. The van der Waals surface area contributed by atoms with Gasteiger partial charge in [0.2, 0.25) is 0 Å².